The number of aliphatic hydroxyl groups excluding tert-OH is 1. The van der Waals surface area contributed by atoms with Gasteiger partial charge in [-0.3, -0.25) is 0 Å². The standard InChI is InChI=1S/C5H7F2NO/c6-5(7,4-9)2-1-3-8/h9H,1-2,4H2. The molecule has 0 heterocycles. The molecule has 0 aromatic heterocycles. The fraction of sp³-hybridized carbons (Fsp3) is 0.800. The van der Waals surface area contributed by atoms with Crippen LogP contribution in [-0.4, -0.2) is 17.6 Å². The minimum Gasteiger partial charge on any atom is -0.390 e. The monoisotopic (exact) mass is 135 g/mol. The van der Waals surface area contributed by atoms with Gasteiger partial charge in [-0.2, -0.15) is 5.26 Å². The summed E-state index contributed by atoms with van der Waals surface area (Å²) >= 11 is 0. The Bertz CT molecular complexity index is 119. The summed E-state index contributed by atoms with van der Waals surface area (Å²) in [5.41, 5.74) is 0. The third-order valence-electron chi connectivity index (χ3n) is 0.834. The number of aliphatic hydroxyl groups is 1. The predicted octanol–water partition coefficient (Wildman–Crippen LogP) is 0.918. The topological polar surface area (TPSA) is 44.0 Å². The Hall–Kier alpha value is -0.690. The van der Waals surface area contributed by atoms with E-state index in [0.717, 1.165) is 0 Å². The van der Waals surface area contributed by atoms with Crippen molar-refractivity contribution in [2.45, 2.75) is 18.8 Å². The molecule has 0 aliphatic heterocycles. The second-order valence-electron chi connectivity index (χ2n) is 1.67. The summed E-state index contributed by atoms with van der Waals surface area (Å²) in [6.45, 7) is -1.17. The first-order valence-corrected chi connectivity index (χ1v) is 2.48. The van der Waals surface area contributed by atoms with Gasteiger partial charge in [0.05, 0.1) is 6.07 Å². The van der Waals surface area contributed by atoms with E-state index in [9.17, 15) is 8.78 Å². The van der Waals surface area contributed by atoms with Crippen molar-refractivity contribution < 1.29 is 13.9 Å². The summed E-state index contributed by atoms with van der Waals surface area (Å²) in [7, 11) is 0. The number of rotatable bonds is 3. The van der Waals surface area contributed by atoms with Crippen LogP contribution in [0, 0.1) is 11.3 Å². The van der Waals surface area contributed by atoms with Crippen molar-refractivity contribution in [3.05, 3.63) is 0 Å². The molecule has 0 aromatic rings. The van der Waals surface area contributed by atoms with E-state index in [-0.39, 0.29) is 6.42 Å². The highest BCUT2D eigenvalue weighted by molar-refractivity contribution is 4.75. The highest BCUT2D eigenvalue weighted by Crippen LogP contribution is 2.18. The van der Waals surface area contributed by atoms with Crippen LogP contribution in [0.15, 0.2) is 0 Å². The van der Waals surface area contributed by atoms with Gasteiger partial charge in [0.25, 0.3) is 5.92 Å². The number of nitriles is 1. The van der Waals surface area contributed by atoms with E-state index in [0.29, 0.717) is 0 Å². The average Bonchev–Trinajstić information content (AvgIpc) is 1.84. The zero-order valence-electron chi connectivity index (χ0n) is 4.77. The van der Waals surface area contributed by atoms with Gasteiger partial charge in [-0.1, -0.05) is 0 Å². The molecule has 0 radical (unpaired) electrons. The van der Waals surface area contributed by atoms with Gasteiger partial charge in [-0.25, -0.2) is 8.78 Å². The highest BCUT2D eigenvalue weighted by atomic mass is 19.3. The maximum absolute atomic E-state index is 11.9. The largest absolute Gasteiger partial charge is 0.390 e. The summed E-state index contributed by atoms with van der Waals surface area (Å²) in [5, 5.41) is 15.8. The number of nitrogens with zero attached hydrogens (tertiary/aromatic N) is 1. The van der Waals surface area contributed by atoms with Crippen molar-refractivity contribution in [1.82, 2.24) is 0 Å². The van der Waals surface area contributed by atoms with E-state index in [4.69, 9.17) is 10.4 Å². The van der Waals surface area contributed by atoms with Crippen LogP contribution in [0.5, 0.6) is 0 Å². The second-order valence-corrected chi connectivity index (χ2v) is 1.67. The lowest BCUT2D eigenvalue weighted by atomic mass is 10.2. The first-order chi connectivity index (χ1) is 4.12. The first kappa shape index (κ1) is 8.31. The van der Waals surface area contributed by atoms with E-state index in [1.54, 1.807) is 6.07 Å². The molecule has 0 aliphatic rings. The molecule has 0 saturated heterocycles. The summed E-state index contributed by atoms with van der Waals surface area (Å²) in [4.78, 5) is 0. The number of hydrogen-bond donors (Lipinski definition) is 1. The van der Waals surface area contributed by atoms with Gasteiger partial charge in [-0.05, 0) is 0 Å². The Morgan fingerprint density at radius 2 is 2.11 bits per heavy atom. The number of halogens is 2. The minimum absolute atomic E-state index is 0.215. The molecular formula is C5H7F2NO. The van der Waals surface area contributed by atoms with Crippen LogP contribution in [0.4, 0.5) is 8.78 Å². The zero-order valence-corrected chi connectivity index (χ0v) is 4.77. The molecule has 9 heavy (non-hydrogen) atoms. The van der Waals surface area contributed by atoms with Crippen LogP contribution in [-0.2, 0) is 0 Å². The molecule has 0 amide bonds. The van der Waals surface area contributed by atoms with E-state index in [2.05, 4.69) is 0 Å². The SMILES string of the molecule is N#CCCC(F)(F)CO. The van der Waals surface area contributed by atoms with Gasteiger partial charge >= 0.3 is 0 Å². The molecule has 0 spiro atoms. The maximum Gasteiger partial charge on any atom is 0.271 e. The molecule has 4 heteroatoms. The van der Waals surface area contributed by atoms with E-state index < -0.39 is 19.0 Å². The maximum atomic E-state index is 11.9. The van der Waals surface area contributed by atoms with E-state index in [1.807, 2.05) is 0 Å². The van der Waals surface area contributed by atoms with Crippen molar-refractivity contribution in [1.29, 1.82) is 5.26 Å². The van der Waals surface area contributed by atoms with Crippen LogP contribution in [0.25, 0.3) is 0 Å². The molecule has 0 aromatic carbocycles. The van der Waals surface area contributed by atoms with Gasteiger partial charge in [-0.15, -0.1) is 0 Å². The zero-order chi connectivity index (χ0) is 7.33. The fourth-order valence-corrected chi connectivity index (χ4v) is 0.318. The van der Waals surface area contributed by atoms with Crippen LogP contribution in [0.1, 0.15) is 12.8 Å². The Labute approximate surface area is 51.7 Å². The van der Waals surface area contributed by atoms with Gasteiger partial charge < -0.3 is 5.11 Å². The molecule has 0 fully saturated rings. The van der Waals surface area contributed by atoms with Gasteiger partial charge in [0, 0.05) is 12.8 Å². The molecule has 0 unspecified atom stereocenters. The molecule has 0 aliphatic carbocycles. The summed E-state index contributed by atoms with van der Waals surface area (Å²) in [5.74, 6) is -3.07. The predicted molar refractivity (Wildman–Crippen MR) is 26.9 cm³/mol. The van der Waals surface area contributed by atoms with Crippen molar-refractivity contribution in [3.8, 4) is 6.07 Å². The Morgan fingerprint density at radius 1 is 1.56 bits per heavy atom. The molecule has 0 bridgehead atoms. The number of alkyl halides is 2. The second kappa shape index (κ2) is 3.36. The quantitative estimate of drug-likeness (QED) is 0.625. The molecule has 52 valence electrons. The lowest BCUT2D eigenvalue weighted by Gasteiger charge is -2.08. The fourth-order valence-electron chi connectivity index (χ4n) is 0.318. The average molecular weight is 135 g/mol. The van der Waals surface area contributed by atoms with Crippen LogP contribution < -0.4 is 0 Å². The van der Waals surface area contributed by atoms with Gasteiger partial charge in [0.1, 0.15) is 6.61 Å². The number of hydrogen-bond acceptors (Lipinski definition) is 2. The van der Waals surface area contributed by atoms with Crippen molar-refractivity contribution in [2.24, 2.45) is 0 Å². The van der Waals surface area contributed by atoms with Gasteiger partial charge in [0.15, 0.2) is 0 Å². The lowest BCUT2D eigenvalue weighted by molar-refractivity contribution is -0.0550. The highest BCUT2D eigenvalue weighted by Gasteiger charge is 2.26. The molecule has 1 N–H and O–H groups in total. The van der Waals surface area contributed by atoms with Crippen molar-refractivity contribution >= 4 is 0 Å². The molecule has 0 rings (SSSR count). The van der Waals surface area contributed by atoms with Crippen molar-refractivity contribution in [2.75, 3.05) is 6.61 Å². The first-order valence-electron chi connectivity index (χ1n) is 2.48. The molecular weight excluding hydrogens is 128 g/mol. The third kappa shape index (κ3) is 3.86. The summed E-state index contributed by atoms with van der Waals surface area (Å²) in [6.07, 6.45) is -0.770. The Kier molecular flexibility index (Phi) is 3.10. The Balaban J connectivity index is 3.48. The lowest BCUT2D eigenvalue weighted by Crippen LogP contribution is -2.20. The molecule has 0 atom stereocenters. The van der Waals surface area contributed by atoms with Gasteiger partial charge in [0.2, 0.25) is 0 Å². The summed E-state index contributed by atoms with van der Waals surface area (Å²) in [6, 6.07) is 1.57. The molecule has 0 saturated carbocycles. The van der Waals surface area contributed by atoms with Crippen LogP contribution in [0.2, 0.25) is 0 Å². The van der Waals surface area contributed by atoms with Crippen molar-refractivity contribution in [3.63, 3.8) is 0 Å². The van der Waals surface area contributed by atoms with Crippen LogP contribution >= 0.6 is 0 Å². The van der Waals surface area contributed by atoms with E-state index in [1.165, 1.54) is 0 Å². The molecule has 2 nitrogen and oxygen atoms in total. The summed E-state index contributed by atoms with van der Waals surface area (Å²) < 4.78 is 23.9. The Morgan fingerprint density at radius 3 is 2.44 bits per heavy atom. The van der Waals surface area contributed by atoms with Crippen LogP contribution in [0.3, 0.4) is 0 Å². The van der Waals surface area contributed by atoms with E-state index >= 15 is 0 Å². The smallest absolute Gasteiger partial charge is 0.271 e. The third-order valence-corrected chi connectivity index (χ3v) is 0.834. The normalized spacial score (nSPS) is 10.9. The minimum atomic E-state index is -3.07.